The Kier molecular flexibility index (Phi) is 8.10. The predicted molar refractivity (Wildman–Crippen MR) is 148 cm³/mol. The molecule has 1 aromatic heterocycles. The van der Waals surface area contributed by atoms with Crippen LogP contribution in [0.25, 0.3) is 22.0 Å². The highest BCUT2D eigenvalue weighted by molar-refractivity contribution is 6.11. The van der Waals surface area contributed by atoms with E-state index in [2.05, 4.69) is 11.6 Å². The third-order valence-corrected chi connectivity index (χ3v) is 5.27. The number of hydrogen-bond donors (Lipinski definition) is 1. The molecule has 0 aliphatic heterocycles. The van der Waals surface area contributed by atoms with Gasteiger partial charge in [0.25, 0.3) is 0 Å². The molecular formula is C30H31N3O6. The summed E-state index contributed by atoms with van der Waals surface area (Å²) in [5, 5.41) is 20.5. The Balaban J connectivity index is 2.24. The van der Waals surface area contributed by atoms with E-state index < -0.39 is 29.2 Å². The number of rotatable bonds is 6. The smallest absolute Gasteiger partial charge is 0.415 e. The van der Waals surface area contributed by atoms with E-state index in [1.54, 1.807) is 84.0 Å². The molecule has 0 radical (unpaired) electrons. The number of aromatic nitrogens is 1. The molecule has 0 aliphatic rings. The Morgan fingerprint density at radius 1 is 1.00 bits per heavy atom. The van der Waals surface area contributed by atoms with E-state index >= 15 is 0 Å². The zero-order chi connectivity index (χ0) is 29.1. The van der Waals surface area contributed by atoms with Gasteiger partial charge in [-0.15, -0.1) is 0 Å². The van der Waals surface area contributed by atoms with E-state index in [1.165, 1.54) is 6.07 Å². The maximum Gasteiger partial charge on any atom is 0.415 e. The fourth-order valence-electron chi connectivity index (χ4n) is 3.74. The van der Waals surface area contributed by atoms with Crippen LogP contribution in [-0.2, 0) is 9.47 Å². The highest BCUT2D eigenvalue weighted by Gasteiger charge is 2.29. The average molecular weight is 530 g/mol. The van der Waals surface area contributed by atoms with Gasteiger partial charge in [0.1, 0.15) is 16.9 Å². The summed E-state index contributed by atoms with van der Waals surface area (Å²) >= 11 is 0. The van der Waals surface area contributed by atoms with Crippen molar-refractivity contribution in [1.82, 2.24) is 4.98 Å². The Morgan fingerprint density at radius 2 is 1.64 bits per heavy atom. The van der Waals surface area contributed by atoms with Gasteiger partial charge in [-0.1, -0.05) is 30.8 Å². The molecule has 1 N–H and O–H groups in total. The number of anilines is 1. The summed E-state index contributed by atoms with van der Waals surface area (Å²) in [7, 11) is 0. The monoisotopic (exact) mass is 529 g/mol. The van der Waals surface area contributed by atoms with E-state index in [0.29, 0.717) is 22.0 Å². The molecule has 0 atom stereocenters. The van der Waals surface area contributed by atoms with E-state index in [-0.39, 0.29) is 29.1 Å². The standard InChI is InChI=1S/C30H31N3O6/c1-18(16-31)17-33(28(37)39-30(5,6)7)25-21(26(34)35)14-13-19-11-12-20(15-22(19)25)23-9-8-10-24(32-23)27(36)38-29(2,3)4/h8-15H,1,17H2,2-7H3,(H,34,35). The van der Waals surface area contributed by atoms with Crippen LogP contribution in [-0.4, -0.2) is 45.9 Å². The van der Waals surface area contributed by atoms with Gasteiger partial charge in [0, 0.05) is 16.5 Å². The SMILES string of the molecule is C=C(C#N)CN(C(=O)OC(C)(C)C)c1c(C(=O)O)ccc2ccc(-c3cccc(C(=O)OC(C)(C)C)n3)cc12. The molecule has 0 saturated heterocycles. The highest BCUT2D eigenvalue weighted by Crippen LogP contribution is 2.35. The topological polar surface area (TPSA) is 130 Å². The number of carbonyl (C=O) groups is 3. The number of ether oxygens (including phenoxy) is 2. The molecule has 1 amide bonds. The minimum Gasteiger partial charge on any atom is -0.478 e. The van der Waals surface area contributed by atoms with Crippen molar-refractivity contribution < 1.29 is 29.0 Å². The Morgan fingerprint density at radius 3 is 2.23 bits per heavy atom. The molecule has 0 fully saturated rings. The molecule has 9 nitrogen and oxygen atoms in total. The molecule has 2 aromatic carbocycles. The molecule has 3 aromatic rings. The number of fused-ring (bicyclic) bond motifs is 1. The van der Waals surface area contributed by atoms with Crippen LogP contribution < -0.4 is 4.90 Å². The minimum atomic E-state index is -1.27. The summed E-state index contributed by atoms with van der Waals surface area (Å²) in [6.45, 7) is 13.7. The predicted octanol–water partition coefficient (Wildman–Crippen LogP) is 6.38. The van der Waals surface area contributed by atoms with E-state index in [1.807, 2.05) is 6.07 Å². The number of aromatic carboxylic acids is 1. The fourth-order valence-corrected chi connectivity index (χ4v) is 3.74. The second kappa shape index (κ2) is 11.0. The molecule has 3 rings (SSSR count). The lowest BCUT2D eigenvalue weighted by molar-refractivity contribution is 0.00625. The van der Waals surface area contributed by atoms with Gasteiger partial charge in [-0.2, -0.15) is 5.26 Å². The average Bonchev–Trinajstić information content (AvgIpc) is 2.84. The second-order valence-electron chi connectivity index (χ2n) is 10.9. The van der Waals surface area contributed by atoms with Crippen molar-refractivity contribution in [2.45, 2.75) is 52.7 Å². The maximum atomic E-state index is 13.3. The first-order chi connectivity index (χ1) is 18.1. The van der Waals surface area contributed by atoms with E-state index in [4.69, 9.17) is 9.47 Å². The largest absolute Gasteiger partial charge is 0.478 e. The van der Waals surface area contributed by atoms with Crippen LogP contribution in [0.3, 0.4) is 0 Å². The Labute approximate surface area is 227 Å². The number of esters is 1. The molecule has 9 heteroatoms. The zero-order valence-corrected chi connectivity index (χ0v) is 22.9. The molecular weight excluding hydrogens is 498 g/mol. The third kappa shape index (κ3) is 7.20. The molecule has 0 aliphatic carbocycles. The van der Waals surface area contributed by atoms with Gasteiger partial charge in [0.2, 0.25) is 0 Å². The first-order valence-corrected chi connectivity index (χ1v) is 12.2. The number of amides is 1. The molecule has 202 valence electrons. The number of nitriles is 1. The first-order valence-electron chi connectivity index (χ1n) is 12.2. The van der Waals surface area contributed by atoms with Gasteiger partial charge in [-0.3, -0.25) is 4.90 Å². The quantitative estimate of drug-likeness (QED) is 0.288. The number of benzene rings is 2. The van der Waals surface area contributed by atoms with Crippen molar-refractivity contribution >= 4 is 34.5 Å². The number of hydrogen-bond acceptors (Lipinski definition) is 7. The van der Waals surface area contributed by atoms with Gasteiger partial charge in [0.05, 0.1) is 29.6 Å². The summed E-state index contributed by atoms with van der Waals surface area (Å²) in [4.78, 5) is 43.8. The van der Waals surface area contributed by atoms with Crippen LogP contribution in [0.15, 0.2) is 60.7 Å². The summed E-state index contributed by atoms with van der Waals surface area (Å²) in [6.07, 6.45) is -0.829. The van der Waals surface area contributed by atoms with Crippen LogP contribution in [0.4, 0.5) is 10.5 Å². The van der Waals surface area contributed by atoms with Gasteiger partial charge in [-0.25, -0.2) is 19.4 Å². The van der Waals surface area contributed by atoms with Gasteiger partial charge in [0.15, 0.2) is 0 Å². The normalized spacial score (nSPS) is 11.4. The summed E-state index contributed by atoms with van der Waals surface area (Å²) in [6, 6.07) is 15.1. The number of carboxylic acid groups (broad SMARTS) is 1. The zero-order valence-electron chi connectivity index (χ0n) is 22.9. The number of pyridine rings is 1. The minimum absolute atomic E-state index is 0.0390. The first kappa shape index (κ1) is 28.9. The lowest BCUT2D eigenvalue weighted by Crippen LogP contribution is -2.38. The van der Waals surface area contributed by atoms with Gasteiger partial charge < -0.3 is 14.6 Å². The molecule has 0 spiro atoms. The van der Waals surface area contributed by atoms with Crippen molar-refractivity contribution in [3.8, 4) is 17.3 Å². The summed E-state index contributed by atoms with van der Waals surface area (Å²) in [5.74, 6) is -1.84. The van der Waals surface area contributed by atoms with Crippen LogP contribution in [0.2, 0.25) is 0 Å². The van der Waals surface area contributed by atoms with Crippen molar-refractivity contribution in [3.05, 3.63) is 71.9 Å². The van der Waals surface area contributed by atoms with E-state index in [0.717, 1.165) is 4.90 Å². The summed E-state index contributed by atoms with van der Waals surface area (Å²) < 4.78 is 11.0. The fraction of sp³-hybridized carbons (Fsp3) is 0.300. The molecule has 0 bridgehead atoms. The molecule has 39 heavy (non-hydrogen) atoms. The van der Waals surface area contributed by atoms with Crippen LogP contribution in [0.5, 0.6) is 0 Å². The molecule has 1 heterocycles. The van der Waals surface area contributed by atoms with Crippen LogP contribution >= 0.6 is 0 Å². The van der Waals surface area contributed by atoms with Crippen molar-refractivity contribution in [1.29, 1.82) is 5.26 Å². The highest BCUT2D eigenvalue weighted by atomic mass is 16.6. The number of carboxylic acids is 1. The third-order valence-electron chi connectivity index (χ3n) is 5.27. The second-order valence-corrected chi connectivity index (χ2v) is 10.9. The van der Waals surface area contributed by atoms with Crippen molar-refractivity contribution in [3.63, 3.8) is 0 Å². The molecule has 0 unspecified atom stereocenters. The number of nitrogens with zero attached hydrogens (tertiary/aromatic N) is 3. The van der Waals surface area contributed by atoms with E-state index in [9.17, 15) is 24.8 Å². The number of carbonyl (C=O) groups excluding carboxylic acids is 2. The van der Waals surface area contributed by atoms with Crippen molar-refractivity contribution in [2.75, 3.05) is 11.4 Å². The van der Waals surface area contributed by atoms with Gasteiger partial charge >= 0.3 is 18.0 Å². The maximum absolute atomic E-state index is 13.3. The Bertz CT molecular complexity index is 1510. The lowest BCUT2D eigenvalue weighted by atomic mass is 9.99. The van der Waals surface area contributed by atoms with Crippen LogP contribution in [0, 0.1) is 11.3 Å². The van der Waals surface area contributed by atoms with Crippen LogP contribution in [0.1, 0.15) is 62.4 Å². The molecule has 0 saturated carbocycles. The van der Waals surface area contributed by atoms with Gasteiger partial charge in [-0.05, 0) is 71.2 Å². The van der Waals surface area contributed by atoms with Crippen molar-refractivity contribution in [2.24, 2.45) is 0 Å². The summed E-state index contributed by atoms with van der Waals surface area (Å²) in [5.41, 5.74) is -0.521. The Hall–Kier alpha value is -4.71. The lowest BCUT2D eigenvalue weighted by Gasteiger charge is -2.29.